The van der Waals surface area contributed by atoms with E-state index in [9.17, 15) is 22.8 Å². The van der Waals surface area contributed by atoms with Gasteiger partial charge >= 0.3 is 12.4 Å². The summed E-state index contributed by atoms with van der Waals surface area (Å²) >= 11 is 1.25. The lowest BCUT2D eigenvalue weighted by Gasteiger charge is -2.22. The molecular formula is C34H33F3N6O3S. The molecule has 0 radical (unpaired) electrons. The molecule has 0 aliphatic carbocycles. The molecule has 5 rings (SSSR count). The lowest BCUT2D eigenvalue weighted by molar-refractivity contribution is -0.274. The summed E-state index contributed by atoms with van der Waals surface area (Å²) in [6.07, 6.45) is -0.705. The number of benzene rings is 3. The van der Waals surface area contributed by atoms with Crippen LogP contribution in [0.5, 0.6) is 5.75 Å². The Morgan fingerprint density at radius 1 is 1.13 bits per heavy atom. The van der Waals surface area contributed by atoms with Gasteiger partial charge in [-0.1, -0.05) is 67.6 Å². The van der Waals surface area contributed by atoms with E-state index in [-0.39, 0.29) is 23.3 Å². The number of aromatic nitrogens is 3. The average Bonchev–Trinajstić information content (AvgIpc) is 3.64. The Bertz CT molecular complexity index is 1830. The van der Waals surface area contributed by atoms with Crippen molar-refractivity contribution in [1.29, 1.82) is 0 Å². The van der Waals surface area contributed by atoms with Gasteiger partial charge in [-0.05, 0) is 79.3 Å². The van der Waals surface area contributed by atoms with Crippen LogP contribution in [-0.4, -0.2) is 50.5 Å². The zero-order valence-corrected chi connectivity index (χ0v) is 27.0. The molecule has 244 valence electrons. The minimum atomic E-state index is -4.76. The summed E-state index contributed by atoms with van der Waals surface area (Å²) in [6.45, 7) is 8.41. The molecule has 1 aliphatic heterocycles. The minimum Gasteiger partial charge on any atom is -0.406 e. The van der Waals surface area contributed by atoms with Crippen molar-refractivity contribution in [2.75, 3.05) is 17.2 Å². The van der Waals surface area contributed by atoms with E-state index >= 15 is 0 Å². The average molecular weight is 663 g/mol. The first kappa shape index (κ1) is 33.5. The van der Waals surface area contributed by atoms with Crippen molar-refractivity contribution in [2.45, 2.75) is 46.4 Å². The molecule has 9 nitrogen and oxygen atoms in total. The van der Waals surface area contributed by atoms with Crippen molar-refractivity contribution < 1.29 is 27.5 Å². The van der Waals surface area contributed by atoms with Crippen LogP contribution in [0, 0.1) is 6.92 Å². The number of carbonyl (C=O) groups excluding carboxylic acids is 2. The summed E-state index contributed by atoms with van der Waals surface area (Å²) < 4.78 is 42.7. The Morgan fingerprint density at radius 3 is 2.62 bits per heavy atom. The van der Waals surface area contributed by atoms with E-state index in [0.29, 0.717) is 29.6 Å². The second-order valence-corrected chi connectivity index (χ2v) is 12.2. The van der Waals surface area contributed by atoms with Gasteiger partial charge in [0.25, 0.3) is 0 Å². The Balaban J connectivity index is 1.19. The van der Waals surface area contributed by atoms with E-state index in [1.165, 1.54) is 47.0 Å². The van der Waals surface area contributed by atoms with E-state index in [2.05, 4.69) is 39.0 Å². The van der Waals surface area contributed by atoms with Crippen molar-refractivity contribution in [3.8, 4) is 22.8 Å². The van der Waals surface area contributed by atoms with Gasteiger partial charge in [-0.3, -0.25) is 9.69 Å². The van der Waals surface area contributed by atoms with Gasteiger partial charge in [0.1, 0.15) is 12.1 Å². The maximum atomic E-state index is 12.8. The maximum absolute atomic E-state index is 12.8. The topological polar surface area (TPSA) is 102 Å². The molecule has 1 N–H and O–H groups in total. The lowest BCUT2D eigenvalue weighted by Crippen LogP contribution is -2.32. The normalized spacial score (nSPS) is 14.7. The molecule has 1 saturated heterocycles. The third-order valence-corrected chi connectivity index (χ3v) is 8.11. The van der Waals surface area contributed by atoms with Gasteiger partial charge in [-0.25, -0.2) is 14.5 Å². The number of urea groups is 1. The predicted octanol–water partition coefficient (Wildman–Crippen LogP) is 7.90. The molecule has 0 unspecified atom stereocenters. The molecule has 0 bridgehead atoms. The fraction of sp³-hybridized carbons (Fsp3) is 0.265. The van der Waals surface area contributed by atoms with Crippen molar-refractivity contribution >= 4 is 40.6 Å². The Hall–Kier alpha value is -4.91. The number of carbonyl (C=O) groups is 2. The molecule has 1 aliphatic rings. The lowest BCUT2D eigenvalue weighted by atomic mass is 9.99. The molecule has 2 heterocycles. The fourth-order valence-corrected chi connectivity index (χ4v) is 5.81. The highest BCUT2D eigenvalue weighted by Gasteiger charge is 2.33. The molecule has 0 spiro atoms. The van der Waals surface area contributed by atoms with Crippen LogP contribution in [0.15, 0.2) is 83.6 Å². The van der Waals surface area contributed by atoms with Crippen molar-refractivity contribution in [1.82, 2.24) is 20.1 Å². The Morgan fingerprint density at radius 2 is 1.89 bits per heavy atom. The van der Waals surface area contributed by atoms with Crippen LogP contribution in [-0.2, 0) is 4.79 Å². The number of nitrogens with one attached hydrogen (secondary N) is 1. The van der Waals surface area contributed by atoms with E-state index < -0.39 is 12.4 Å². The fourth-order valence-electron chi connectivity index (χ4n) is 4.95. The monoisotopic (exact) mass is 662 g/mol. The third kappa shape index (κ3) is 8.67. The smallest absolute Gasteiger partial charge is 0.406 e. The molecule has 1 fully saturated rings. The number of amidine groups is 1. The van der Waals surface area contributed by atoms with Gasteiger partial charge in [-0.15, -0.1) is 18.3 Å². The number of rotatable bonds is 9. The highest BCUT2D eigenvalue weighted by Crippen LogP contribution is 2.34. The van der Waals surface area contributed by atoms with Crippen LogP contribution in [0.3, 0.4) is 0 Å². The standard InChI is InChI=1S/C34H33F3N6O3S/c1-21(2)28-13-8-22(3)17-29(28)43-30(44)19-47-33(43)40-32(45)38-15-14-23(4)16-24-6-5-7-25(18-24)31-39-20-42(41-31)26-9-11-27(12-10-26)46-34(35,36)37/h5-13,16-18,20-21H,14-15,19H2,1-4H3,(H,38,45)/b23-16-,40-33?. The van der Waals surface area contributed by atoms with Crippen LogP contribution in [0.1, 0.15) is 49.8 Å². The van der Waals surface area contributed by atoms with E-state index in [0.717, 1.165) is 33.5 Å². The van der Waals surface area contributed by atoms with Crippen LogP contribution in [0.25, 0.3) is 23.2 Å². The summed E-state index contributed by atoms with van der Waals surface area (Å²) in [6, 6.07) is 18.4. The molecular weight excluding hydrogens is 629 g/mol. The molecule has 0 atom stereocenters. The highest BCUT2D eigenvalue weighted by atomic mass is 32.2. The van der Waals surface area contributed by atoms with E-state index in [4.69, 9.17) is 0 Å². The summed E-state index contributed by atoms with van der Waals surface area (Å²) in [4.78, 5) is 35.7. The second-order valence-electron chi connectivity index (χ2n) is 11.3. The number of nitrogens with zero attached hydrogens (tertiary/aromatic N) is 5. The zero-order valence-electron chi connectivity index (χ0n) is 26.2. The number of aryl methyl sites for hydroxylation is 1. The van der Waals surface area contributed by atoms with Gasteiger partial charge < -0.3 is 10.1 Å². The quantitative estimate of drug-likeness (QED) is 0.196. The van der Waals surface area contributed by atoms with Crippen LogP contribution >= 0.6 is 11.8 Å². The van der Waals surface area contributed by atoms with Crippen molar-refractivity contribution in [2.24, 2.45) is 4.99 Å². The number of hydrogen-bond acceptors (Lipinski definition) is 6. The predicted molar refractivity (Wildman–Crippen MR) is 178 cm³/mol. The van der Waals surface area contributed by atoms with Crippen LogP contribution in [0.2, 0.25) is 0 Å². The summed E-state index contributed by atoms with van der Waals surface area (Å²) in [5, 5.41) is 7.66. The minimum absolute atomic E-state index is 0.106. The van der Waals surface area contributed by atoms with Gasteiger partial charge in [0.2, 0.25) is 5.91 Å². The SMILES string of the molecule is C/C(=C/c1cccc(-c2ncn(-c3ccc(OC(F)(F)F)cc3)n2)c1)CCNC(=O)N=C1SCC(=O)N1c1cc(C)ccc1C(C)C. The van der Waals surface area contributed by atoms with Gasteiger partial charge in [-0.2, -0.15) is 4.99 Å². The molecule has 47 heavy (non-hydrogen) atoms. The van der Waals surface area contributed by atoms with Crippen molar-refractivity contribution in [3.05, 3.63) is 95.3 Å². The molecule has 13 heteroatoms. The number of anilines is 1. The summed E-state index contributed by atoms with van der Waals surface area (Å²) in [7, 11) is 0. The van der Waals surface area contributed by atoms with Crippen LogP contribution < -0.4 is 15.0 Å². The Kier molecular flexibility index (Phi) is 10.1. The third-order valence-electron chi connectivity index (χ3n) is 7.19. The summed E-state index contributed by atoms with van der Waals surface area (Å²) in [5.41, 5.74) is 6.01. The number of aliphatic imine (C=N–C) groups is 1. The maximum Gasteiger partial charge on any atom is 0.573 e. The van der Waals surface area contributed by atoms with Crippen molar-refractivity contribution in [3.63, 3.8) is 0 Å². The first-order chi connectivity index (χ1) is 22.4. The number of hydrogen-bond donors (Lipinski definition) is 1. The Labute approximate surface area is 274 Å². The van der Waals surface area contributed by atoms with Gasteiger partial charge in [0.15, 0.2) is 11.0 Å². The molecule has 1 aromatic heterocycles. The first-order valence-corrected chi connectivity index (χ1v) is 15.8. The molecule has 3 aromatic carbocycles. The number of halogens is 3. The second kappa shape index (κ2) is 14.2. The van der Waals surface area contributed by atoms with Crippen LogP contribution in [0.4, 0.5) is 23.7 Å². The number of alkyl halides is 3. The number of thioether (sulfide) groups is 1. The number of ether oxygens (including phenoxy) is 1. The van der Waals surface area contributed by atoms with E-state index in [1.54, 1.807) is 4.90 Å². The summed E-state index contributed by atoms with van der Waals surface area (Å²) in [5.74, 6) is 0.439. The first-order valence-electron chi connectivity index (χ1n) is 14.8. The zero-order chi connectivity index (χ0) is 33.7. The highest BCUT2D eigenvalue weighted by molar-refractivity contribution is 8.15. The molecule has 3 amide bonds. The largest absolute Gasteiger partial charge is 0.573 e. The van der Waals surface area contributed by atoms with Gasteiger partial charge in [0, 0.05) is 12.1 Å². The number of amides is 3. The molecule has 4 aromatic rings. The van der Waals surface area contributed by atoms with E-state index in [1.807, 2.05) is 62.4 Å². The molecule has 0 saturated carbocycles. The van der Waals surface area contributed by atoms with Gasteiger partial charge in [0.05, 0.1) is 17.1 Å².